The van der Waals surface area contributed by atoms with Crippen molar-refractivity contribution in [3.63, 3.8) is 0 Å². The fraction of sp³-hybridized carbons (Fsp3) is 0.0667. The summed E-state index contributed by atoms with van der Waals surface area (Å²) in [5.41, 5.74) is 1.60. The molecule has 3 rings (SSSR count). The smallest absolute Gasteiger partial charge is 0.260 e. The van der Waals surface area contributed by atoms with E-state index in [0.717, 1.165) is 0 Å². The predicted octanol–water partition coefficient (Wildman–Crippen LogP) is 3.80. The van der Waals surface area contributed by atoms with Crippen molar-refractivity contribution in [1.82, 2.24) is 4.98 Å². The van der Waals surface area contributed by atoms with Gasteiger partial charge in [-0.15, -0.1) is 11.3 Å². The lowest BCUT2D eigenvalue weighted by molar-refractivity contribution is 0.102. The number of benzene rings is 1. The van der Waals surface area contributed by atoms with E-state index in [1.807, 2.05) is 0 Å². The zero-order valence-electron chi connectivity index (χ0n) is 11.5. The predicted molar refractivity (Wildman–Crippen MR) is 80.7 cm³/mol. The second-order valence-electron chi connectivity index (χ2n) is 4.35. The molecule has 5 nitrogen and oxygen atoms in total. The number of thiazole rings is 1. The minimum absolute atomic E-state index is 0.174. The molecule has 2 aromatic heterocycles. The molecule has 1 aromatic carbocycles. The zero-order chi connectivity index (χ0) is 15.5. The van der Waals surface area contributed by atoms with Gasteiger partial charge in [0.2, 0.25) is 0 Å². The van der Waals surface area contributed by atoms with Crippen LogP contribution in [0.2, 0.25) is 0 Å². The van der Waals surface area contributed by atoms with Crippen molar-refractivity contribution in [3.05, 3.63) is 53.6 Å². The molecule has 0 aliphatic carbocycles. The van der Waals surface area contributed by atoms with Gasteiger partial charge in [-0.3, -0.25) is 10.1 Å². The summed E-state index contributed by atoms with van der Waals surface area (Å²) in [5, 5.41) is 4.83. The molecule has 7 heteroatoms. The van der Waals surface area contributed by atoms with Gasteiger partial charge in [-0.25, -0.2) is 9.37 Å². The molecule has 22 heavy (non-hydrogen) atoms. The monoisotopic (exact) mass is 318 g/mol. The van der Waals surface area contributed by atoms with E-state index in [1.54, 1.807) is 17.5 Å². The summed E-state index contributed by atoms with van der Waals surface area (Å²) in [6.45, 7) is 0. The van der Waals surface area contributed by atoms with Crippen LogP contribution >= 0.6 is 11.3 Å². The van der Waals surface area contributed by atoms with Crippen LogP contribution in [0, 0.1) is 5.82 Å². The molecule has 0 aliphatic heterocycles. The van der Waals surface area contributed by atoms with Crippen LogP contribution in [0.3, 0.4) is 0 Å². The minimum Gasteiger partial charge on any atom is -0.494 e. The average Bonchev–Trinajstić information content (AvgIpc) is 3.18. The lowest BCUT2D eigenvalue weighted by Gasteiger charge is -2.03. The van der Waals surface area contributed by atoms with Crippen molar-refractivity contribution in [2.45, 2.75) is 0 Å². The van der Waals surface area contributed by atoms with Crippen LogP contribution in [0.4, 0.5) is 9.52 Å². The molecule has 1 N–H and O–H groups in total. The van der Waals surface area contributed by atoms with Gasteiger partial charge < -0.3 is 9.15 Å². The van der Waals surface area contributed by atoms with Gasteiger partial charge in [0.25, 0.3) is 5.91 Å². The number of methoxy groups -OCH3 is 1. The first-order valence-corrected chi connectivity index (χ1v) is 7.18. The summed E-state index contributed by atoms with van der Waals surface area (Å²) < 4.78 is 23.4. The molecule has 0 saturated carbocycles. The highest BCUT2D eigenvalue weighted by Gasteiger charge is 2.12. The topological polar surface area (TPSA) is 64.4 Å². The summed E-state index contributed by atoms with van der Waals surface area (Å²) in [7, 11) is 1.41. The Morgan fingerprint density at radius 1 is 1.41 bits per heavy atom. The first kappa shape index (κ1) is 14.3. The van der Waals surface area contributed by atoms with Gasteiger partial charge in [0.15, 0.2) is 16.7 Å². The zero-order valence-corrected chi connectivity index (χ0v) is 12.3. The van der Waals surface area contributed by atoms with E-state index in [4.69, 9.17) is 9.15 Å². The molecular weight excluding hydrogens is 307 g/mol. The fourth-order valence-electron chi connectivity index (χ4n) is 1.85. The van der Waals surface area contributed by atoms with E-state index in [1.165, 1.54) is 43.1 Å². The van der Waals surface area contributed by atoms with E-state index in [-0.39, 0.29) is 11.7 Å². The molecular formula is C15H11FN2O3S. The number of carbonyl (C=O) groups is 1. The molecule has 0 atom stereocenters. The molecule has 0 radical (unpaired) electrons. The third-order valence-electron chi connectivity index (χ3n) is 2.96. The SMILES string of the molecule is COc1ccc(-c2csc(NC(=O)c3ccoc3)n2)cc1F. The van der Waals surface area contributed by atoms with E-state index in [0.29, 0.717) is 22.0 Å². The molecule has 0 fully saturated rings. The summed E-state index contributed by atoms with van der Waals surface area (Å²) in [5.74, 6) is -0.597. The molecule has 0 saturated heterocycles. The van der Waals surface area contributed by atoms with Gasteiger partial charge in [0.05, 0.1) is 24.6 Å². The van der Waals surface area contributed by atoms with Crippen molar-refractivity contribution in [2.24, 2.45) is 0 Å². The number of nitrogens with zero attached hydrogens (tertiary/aromatic N) is 1. The second-order valence-corrected chi connectivity index (χ2v) is 5.21. The van der Waals surface area contributed by atoms with Gasteiger partial charge in [-0.2, -0.15) is 0 Å². The van der Waals surface area contributed by atoms with Gasteiger partial charge >= 0.3 is 0 Å². The van der Waals surface area contributed by atoms with E-state index in [2.05, 4.69) is 10.3 Å². The van der Waals surface area contributed by atoms with Crippen LogP contribution in [-0.2, 0) is 0 Å². The lowest BCUT2D eigenvalue weighted by atomic mass is 10.1. The number of hydrogen-bond acceptors (Lipinski definition) is 5. The number of amides is 1. The summed E-state index contributed by atoms with van der Waals surface area (Å²) in [6, 6.07) is 6.14. The van der Waals surface area contributed by atoms with Crippen molar-refractivity contribution in [2.75, 3.05) is 12.4 Å². The second kappa shape index (κ2) is 5.98. The molecule has 0 unspecified atom stereocenters. The number of hydrogen-bond donors (Lipinski definition) is 1. The third kappa shape index (κ3) is 2.84. The minimum atomic E-state index is -0.461. The normalized spacial score (nSPS) is 10.5. The quantitative estimate of drug-likeness (QED) is 0.794. The Hall–Kier alpha value is -2.67. The number of halogens is 1. The van der Waals surface area contributed by atoms with Crippen LogP contribution in [0.5, 0.6) is 5.75 Å². The first-order chi connectivity index (χ1) is 10.7. The summed E-state index contributed by atoms with van der Waals surface area (Å²) in [4.78, 5) is 16.2. The summed E-state index contributed by atoms with van der Waals surface area (Å²) in [6.07, 6.45) is 2.77. The van der Waals surface area contributed by atoms with Gasteiger partial charge in [0, 0.05) is 10.9 Å². The number of anilines is 1. The summed E-state index contributed by atoms with van der Waals surface area (Å²) >= 11 is 1.26. The Morgan fingerprint density at radius 2 is 2.27 bits per heavy atom. The Balaban J connectivity index is 1.79. The molecule has 0 bridgehead atoms. The van der Waals surface area contributed by atoms with Crippen molar-refractivity contribution >= 4 is 22.4 Å². The first-order valence-electron chi connectivity index (χ1n) is 6.30. The highest BCUT2D eigenvalue weighted by molar-refractivity contribution is 7.14. The van der Waals surface area contributed by atoms with E-state index >= 15 is 0 Å². The molecule has 1 amide bonds. The Labute approximate surface area is 129 Å². The third-order valence-corrected chi connectivity index (χ3v) is 3.71. The van der Waals surface area contributed by atoms with Crippen LogP contribution in [0.25, 0.3) is 11.3 Å². The number of carbonyl (C=O) groups excluding carboxylic acids is 1. The Morgan fingerprint density at radius 3 is 2.95 bits per heavy atom. The van der Waals surface area contributed by atoms with E-state index < -0.39 is 5.82 Å². The van der Waals surface area contributed by atoms with E-state index in [9.17, 15) is 9.18 Å². The van der Waals surface area contributed by atoms with Crippen molar-refractivity contribution in [1.29, 1.82) is 0 Å². The van der Waals surface area contributed by atoms with Crippen LogP contribution in [0.1, 0.15) is 10.4 Å². The number of aromatic nitrogens is 1. The maximum absolute atomic E-state index is 13.7. The van der Waals surface area contributed by atoms with Gasteiger partial charge in [-0.05, 0) is 24.3 Å². The van der Waals surface area contributed by atoms with Crippen molar-refractivity contribution in [3.8, 4) is 17.0 Å². The average molecular weight is 318 g/mol. The Kier molecular flexibility index (Phi) is 3.88. The molecule has 0 aliphatic rings. The number of furan rings is 1. The molecule has 112 valence electrons. The van der Waals surface area contributed by atoms with Crippen LogP contribution in [-0.4, -0.2) is 18.0 Å². The number of ether oxygens (including phenoxy) is 1. The maximum Gasteiger partial charge on any atom is 0.260 e. The lowest BCUT2D eigenvalue weighted by Crippen LogP contribution is -2.10. The highest BCUT2D eigenvalue weighted by atomic mass is 32.1. The van der Waals surface area contributed by atoms with Gasteiger partial charge in [0.1, 0.15) is 6.26 Å². The molecule has 0 spiro atoms. The van der Waals surface area contributed by atoms with Crippen molar-refractivity contribution < 1.29 is 18.3 Å². The standard InChI is InChI=1S/C15H11FN2O3S/c1-20-13-3-2-9(6-11(13)16)12-8-22-15(17-12)18-14(19)10-4-5-21-7-10/h2-8H,1H3,(H,17,18,19). The Bertz CT molecular complexity index is 799. The maximum atomic E-state index is 13.7. The van der Waals surface area contributed by atoms with Crippen LogP contribution in [0.15, 0.2) is 46.6 Å². The van der Waals surface area contributed by atoms with Gasteiger partial charge in [-0.1, -0.05) is 0 Å². The number of rotatable bonds is 4. The van der Waals surface area contributed by atoms with Crippen LogP contribution < -0.4 is 10.1 Å². The largest absolute Gasteiger partial charge is 0.494 e. The fourth-order valence-corrected chi connectivity index (χ4v) is 2.57. The molecule has 2 heterocycles. The number of nitrogens with one attached hydrogen (secondary N) is 1. The molecule has 3 aromatic rings. The highest BCUT2D eigenvalue weighted by Crippen LogP contribution is 2.28.